The molecule has 0 bridgehead atoms. The minimum Gasteiger partial charge on any atom is -0.493 e. The number of ether oxygens (including phenoxy) is 3. The lowest BCUT2D eigenvalue weighted by molar-refractivity contribution is 0.324. The zero-order valence-electron chi connectivity index (χ0n) is 16.8. The van der Waals surface area contributed by atoms with Gasteiger partial charge >= 0.3 is 0 Å². The van der Waals surface area contributed by atoms with E-state index in [4.69, 9.17) is 14.2 Å². The van der Waals surface area contributed by atoms with E-state index in [1.54, 1.807) is 27.5 Å². The van der Waals surface area contributed by atoms with E-state index in [2.05, 4.69) is 41.3 Å². The van der Waals surface area contributed by atoms with Gasteiger partial charge in [-0.25, -0.2) is 9.97 Å². The lowest BCUT2D eigenvalue weighted by Crippen LogP contribution is -2.00. The maximum atomic E-state index is 5.40. The van der Waals surface area contributed by atoms with E-state index in [0.29, 0.717) is 34.8 Å². The third-order valence-corrected chi connectivity index (χ3v) is 4.43. The number of hydrogen-bond acceptors (Lipinski definition) is 6. The number of benzene rings is 2. The molecule has 0 amide bonds. The molecule has 0 atom stereocenters. The summed E-state index contributed by atoms with van der Waals surface area (Å²) in [6.07, 6.45) is 1.74. The Kier molecular flexibility index (Phi) is 5.99. The highest BCUT2D eigenvalue weighted by Gasteiger charge is 2.14. The van der Waals surface area contributed by atoms with Crippen LogP contribution in [-0.4, -0.2) is 31.3 Å². The molecule has 0 aliphatic rings. The van der Waals surface area contributed by atoms with Crippen LogP contribution in [0.4, 0.5) is 11.5 Å². The molecule has 1 aromatic heterocycles. The smallest absolute Gasteiger partial charge is 0.203 e. The lowest BCUT2D eigenvalue weighted by Gasteiger charge is -2.15. The summed E-state index contributed by atoms with van der Waals surface area (Å²) in [7, 11) is 4.75. The second-order valence-electron chi connectivity index (χ2n) is 6.58. The van der Waals surface area contributed by atoms with Crippen LogP contribution in [0.3, 0.4) is 0 Å². The van der Waals surface area contributed by atoms with E-state index in [9.17, 15) is 0 Å². The van der Waals surface area contributed by atoms with Crippen molar-refractivity contribution in [2.24, 2.45) is 0 Å². The van der Waals surface area contributed by atoms with Gasteiger partial charge in [-0.15, -0.1) is 0 Å². The van der Waals surface area contributed by atoms with Crippen LogP contribution in [0.2, 0.25) is 0 Å². The van der Waals surface area contributed by atoms with Crippen molar-refractivity contribution in [3.8, 4) is 28.6 Å². The van der Waals surface area contributed by atoms with Gasteiger partial charge in [-0.05, 0) is 17.5 Å². The molecule has 0 radical (unpaired) electrons. The third kappa shape index (κ3) is 4.17. The molecule has 146 valence electrons. The molecule has 2 aromatic carbocycles. The fourth-order valence-corrected chi connectivity index (χ4v) is 2.89. The van der Waals surface area contributed by atoms with Gasteiger partial charge in [0.15, 0.2) is 17.3 Å². The van der Waals surface area contributed by atoms with Crippen LogP contribution in [0.25, 0.3) is 11.4 Å². The summed E-state index contributed by atoms with van der Waals surface area (Å²) in [6, 6.07) is 13.8. The summed E-state index contributed by atoms with van der Waals surface area (Å²) < 4.78 is 16.2. The predicted molar refractivity (Wildman–Crippen MR) is 111 cm³/mol. The van der Waals surface area contributed by atoms with Crippen molar-refractivity contribution in [3.63, 3.8) is 0 Å². The van der Waals surface area contributed by atoms with E-state index in [1.807, 2.05) is 30.3 Å². The first-order valence-electron chi connectivity index (χ1n) is 9.06. The summed E-state index contributed by atoms with van der Waals surface area (Å²) >= 11 is 0. The van der Waals surface area contributed by atoms with Gasteiger partial charge in [-0.1, -0.05) is 38.1 Å². The second-order valence-corrected chi connectivity index (χ2v) is 6.58. The third-order valence-electron chi connectivity index (χ3n) is 4.43. The molecule has 1 N–H and O–H groups in total. The van der Waals surface area contributed by atoms with E-state index in [1.165, 1.54) is 5.56 Å². The molecule has 0 saturated heterocycles. The summed E-state index contributed by atoms with van der Waals surface area (Å²) in [5.74, 6) is 3.51. The van der Waals surface area contributed by atoms with Crippen molar-refractivity contribution >= 4 is 11.5 Å². The zero-order chi connectivity index (χ0) is 20.1. The average Bonchev–Trinajstić information content (AvgIpc) is 2.73. The number of methoxy groups -OCH3 is 3. The Morgan fingerprint density at radius 1 is 0.857 bits per heavy atom. The van der Waals surface area contributed by atoms with Crippen molar-refractivity contribution in [1.29, 1.82) is 0 Å². The highest BCUT2D eigenvalue weighted by atomic mass is 16.5. The van der Waals surface area contributed by atoms with Gasteiger partial charge in [-0.3, -0.25) is 0 Å². The minimum absolute atomic E-state index is 0.489. The van der Waals surface area contributed by atoms with Gasteiger partial charge in [0.2, 0.25) is 5.75 Å². The Morgan fingerprint density at radius 2 is 1.50 bits per heavy atom. The van der Waals surface area contributed by atoms with Crippen LogP contribution < -0.4 is 19.5 Å². The Hall–Kier alpha value is -3.28. The molecule has 0 aliphatic heterocycles. The van der Waals surface area contributed by atoms with Gasteiger partial charge in [0.1, 0.15) is 5.82 Å². The maximum Gasteiger partial charge on any atom is 0.203 e. The normalized spacial score (nSPS) is 10.6. The number of nitrogens with zero attached hydrogens (tertiary/aromatic N) is 2. The van der Waals surface area contributed by atoms with Crippen LogP contribution in [0.5, 0.6) is 17.2 Å². The summed E-state index contributed by atoms with van der Waals surface area (Å²) in [4.78, 5) is 9.03. The first-order valence-corrected chi connectivity index (χ1v) is 9.06. The SMILES string of the molecule is COc1cc(Nc2ccnc(-c3ccc(C(C)C)cc3)n2)cc(OC)c1OC. The first-order chi connectivity index (χ1) is 13.5. The minimum atomic E-state index is 0.489. The zero-order valence-corrected chi connectivity index (χ0v) is 16.8. The van der Waals surface area contributed by atoms with E-state index >= 15 is 0 Å². The van der Waals surface area contributed by atoms with E-state index in [0.717, 1.165) is 11.3 Å². The Bertz CT molecular complexity index is 915. The standard InChI is InChI=1S/C22H25N3O3/c1-14(2)15-6-8-16(9-7-15)22-23-11-10-20(25-22)24-17-12-18(26-3)21(28-5)19(13-17)27-4/h6-14H,1-5H3,(H,23,24,25). The van der Waals surface area contributed by atoms with Crippen LogP contribution in [0.15, 0.2) is 48.7 Å². The molecular formula is C22H25N3O3. The number of hydrogen-bond donors (Lipinski definition) is 1. The molecule has 3 aromatic rings. The van der Waals surface area contributed by atoms with Crippen LogP contribution in [0.1, 0.15) is 25.3 Å². The molecule has 0 saturated carbocycles. The monoisotopic (exact) mass is 379 g/mol. The summed E-state index contributed by atoms with van der Waals surface area (Å²) in [5.41, 5.74) is 3.03. The molecule has 6 heteroatoms. The fourth-order valence-electron chi connectivity index (χ4n) is 2.89. The molecule has 0 spiro atoms. The predicted octanol–water partition coefficient (Wildman–Crippen LogP) is 5.04. The summed E-state index contributed by atoms with van der Waals surface area (Å²) in [5, 5.41) is 3.28. The van der Waals surface area contributed by atoms with Gasteiger partial charge in [0.05, 0.1) is 21.3 Å². The quantitative estimate of drug-likeness (QED) is 0.621. The Labute approximate surface area is 165 Å². The van der Waals surface area contributed by atoms with Crippen molar-refractivity contribution in [2.75, 3.05) is 26.6 Å². The maximum absolute atomic E-state index is 5.40. The molecule has 0 aliphatic carbocycles. The molecule has 0 unspecified atom stereocenters. The van der Waals surface area contributed by atoms with Gasteiger partial charge in [0, 0.05) is 29.6 Å². The van der Waals surface area contributed by atoms with Gasteiger partial charge in [0.25, 0.3) is 0 Å². The lowest BCUT2D eigenvalue weighted by atomic mass is 10.0. The van der Waals surface area contributed by atoms with Gasteiger partial charge in [-0.2, -0.15) is 0 Å². The van der Waals surface area contributed by atoms with Crippen LogP contribution in [-0.2, 0) is 0 Å². The van der Waals surface area contributed by atoms with Crippen molar-refractivity contribution in [1.82, 2.24) is 9.97 Å². The van der Waals surface area contributed by atoms with Crippen molar-refractivity contribution in [2.45, 2.75) is 19.8 Å². The highest BCUT2D eigenvalue weighted by Crippen LogP contribution is 2.40. The average molecular weight is 379 g/mol. The topological polar surface area (TPSA) is 65.5 Å². The molecule has 0 fully saturated rings. The van der Waals surface area contributed by atoms with Crippen molar-refractivity contribution in [3.05, 3.63) is 54.2 Å². The highest BCUT2D eigenvalue weighted by molar-refractivity contribution is 5.67. The second kappa shape index (κ2) is 8.61. The largest absolute Gasteiger partial charge is 0.493 e. The number of anilines is 2. The van der Waals surface area contributed by atoms with Crippen LogP contribution >= 0.6 is 0 Å². The Morgan fingerprint density at radius 3 is 2.04 bits per heavy atom. The van der Waals surface area contributed by atoms with Crippen molar-refractivity contribution < 1.29 is 14.2 Å². The molecule has 3 rings (SSSR count). The summed E-state index contributed by atoms with van der Waals surface area (Å²) in [6.45, 7) is 4.35. The van der Waals surface area contributed by atoms with Gasteiger partial charge < -0.3 is 19.5 Å². The van der Waals surface area contributed by atoms with Crippen LogP contribution in [0, 0.1) is 0 Å². The molecule has 6 nitrogen and oxygen atoms in total. The molecular weight excluding hydrogens is 354 g/mol. The number of nitrogens with one attached hydrogen (secondary N) is 1. The number of aromatic nitrogens is 2. The van der Waals surface area contributed by atoms with E-state index < -0.39 is 0 Å². The van der Waals surface area contributed by atoms with E-state index in [-0.39, 0.29) is 0 Å². The molecule has 1 heterocycles. The Balaban J connectivity index is 1.89. The molecule has 28 heavy (non-hydrogen) atoms. The number of rotatable bonds is 7. The fraction of sp³-hybridized carbons (Fsp3) is 0.273. The first kappa shape index (κ1) is 19.5.